The fraction of sp³-hybridized carbons (Fsp3) is 0.583. The van der Waals surface area contributed by atoms with E-state index in [0.717, 1.165) is 17.9 Å². The van der Waals surface area contributed by atoms with Gasteiger partial charge in [-0.05, 0) is 17.0 Å². The molecule has 0 spiro atoms. The first-order valence-corrected chi connectivity index (χ1v) is 5.77. The Hall–Kier alpha value is -0.800. The molecule has 4 heteroatoms. The Balaban J connectivity index is 2.88. The number of rotatable bonds is 3. The lowest BCUT2D eigenvalue weighted by Crippen LogP contribution is -2.30. The highest BCUT2D eigenvalue weighted by atomic mass is 35.5. The zero-order valence-corrected chi connectivity index (χ0v) is 11.2. The Morgan fingerprint density at radius 3 is 2.50 bits per heavy atom. The molecule has 0 radical (unpaired) electrons. The number of anilines is 1. The van der Waals surface area contributed by atoms with Gasteiger partial charge in [0.25, 0.3) is 0 Å². The first-order valence-electron chi connectivity index (χ1n) is 5.39. The van der Waals surface area contributed by atoms with Gasteiger partial charge in [-0.3, -0.25) is 0 Å². The van der Waals surface area contributed by atoms with Gasteiger partial charge in [0.05, 0.1) is 5.02 Å². The molecule has 0 atom stereocenters. The number of nitrogens with zero attached hydrogens (tertiary/aromatic N) is 2. The van der Waals surface area contributed by atoms with E-state index in [0.29, 0.717) is 11.6 Å². The number of halogens is 1. The predicted molar refractivity (Wildman–Crippen MR) is 69.9 cm³/mol. The first-order chi connectivity index (χ1) is 7.33. The van der Waals surface area contributed by atoms with Crippen LogP contribution in [0.25, 0.3) is 0 Å². The lowest BCUT2D eigenvalue weighted by Gasteiger charge is -2.28. The number of nitrogens with two attached hydrogens (primary N) is 1. The average Bonchev–Trinajstić information content (AvgIpc) is 2.14. The Labute approximate surface area is 103 Å². The van der Waals surface area contributed by atoms with Crippen molar-refractivity contribution >= 4 is 17.4 Å². The molecule has 0 bridgehead atoms. The molecule has 1 aromatic rings. The molecule has 0 amide bonds. The molecule has 0 fully saturated rings. The van der Waals surface area contributed by atoms with Crippen molar-refractivity contribution in [3.05, 3.63) is 22.8 Å². The van der Waals surface area contributed by atoms with E-state index in [1.54, 1.807) is 6.20 Å². The summed E-state index contributed by atoms with van der Waals surface area (Å²) in [4.78, 5) is 6.42. The molecule has 0 aliphatic rings. The van der Waals surface area contributed by atoms with E-state index in [2.05, 4.69) is 30.7 Å². The van der Waals surface area contributed by atoms with Crippen molar-refractivity contribution in [1.29, 1.82) is 0 Å². The van der Waals surface area contributed by atoms with E-state index < -0.39 is 0 Å². The van der Waals surface area contributed by atoms with Crippen molar-refractivity contribution in [3.8, 4) is 0 Å². The van der Waals surface area contributed by atoms with E-state index in [4.69, 9.17) is 17.3 Å². The summed E-state index contributed by atoms with van der Waals surface area (Å²) in [6.07, 6.45) is 1.78. The van der Waals surface area contributed by atoms with Crippen LogP contribution < -0.4 is 10.6 Å². The molecule has 3 nitrogen and oxygen atoms in total. The van der Waals surface area contributed by atoms with Crippen LogP contribution in [0.4, 0.5) is 5.82 Å². The van der Waals surface area contributed by atoms with Crippen LogP contribution in [0.5, 0.6) is 0 Å². The van der Waals surface area contributed by atoms with Crippen LogP contribution in [-0.4, -0.2) is 18.6 Å². The number of pyridine rings is 1. The highest BCUT2D eigenvalue weighted by molar-refractivity contribution is 6.33. The zero-order chi connectivity index (χ0) is 12.3. The summed E-state index contributed by atoms with van der Waals surface area (Å²) in [5.41, 5.74) is 6.71. The lowest BCUT2D eigenvalue weighted by atomic mass is 9.96. The van der Waals surface area contributed by atoms with Gasteiger partial charge in [0, 0.05) is 26.3 Å². The maximum absolute atomic E-state index is 6.17. The lowest BCUT2D eigenvalue weighted by molar-refractivity contribution is 0.418. The SMILES string of the molecule is CN(CC(C)(C)C)c1ncc(CN)cc1Cl. The quantitative estimate of drug-likeness (QED) is 0.885. The molecule has 0 saturated carbocycles. The summed E-state index contributed by atoms with van der Waals surface area (Å²) >= 11 is 6.17. The van der Waals surface area contributed by atoms with Crippen LogP contribution >= 0.6 is 11.6 Å². The van der Waals surface area contributed by atoms with Crippen LogP contribution in [-0.2, 0) is 6.54 Å². The van der Waals surface area contributed by atoms with Gasteiger partial charge >= 0.3 is 0 Å². The summed E-state index contributed by atoms with van der Waals surface area (Å²) in [6, 6.07) is 1.88. The van der Waals surface area contributed by atoms with Gasteiger partial charge in [0.2, 0.25) is 0 Å². The molecule has 2 N–H and O–H groups in total. The van der Waals surface area contributed by atoms with E-state index in [9.17, 15) is 0 Å². The third kappa shape index (κ3) is 3.65. The number of aromatic nitrogens is 1. The van der Waals surface area contributed by atoms with Gasteiger partial charge in [-0.15, -0.1) is 0 Å². The fourth-order valence-electron chi connectivity index (χ4n) is 1.65. The maximum Gasteiger partial charge on any atom is 0.147 e. The molecule has 90 valence electrons. The zero-order valence-electron chi connectivity index (χ0n) is 10.4. The van der Waals surface area contributed by atoms with E-state index in [-0.39, 0.29) is 5.41 Å². The van der Waals surface area contributed by atoms with E-state index in [1.807, 2.05) is 13.1 Å². The topological polar surface area (TPSA) is 42.2 Å². The first kappa shape index (κ1) is 13.3. The molecule has 1 aromatic heterocycles. The summed E-state index contributed by atoms with van der Waals surface area (Å²) in [5, 5.41) is 0.662. The third-order valence-corrected chi connectivity index (χ3v) is 2.47. The Bertz CT molecular complexity index is 358. The molecule has 16 heavy (non-hydrogen) atoms. The Kier molecular flexibility index (Phi) is 4.16. The second-order valence-electron chi connectivity index (χ2n) is 5.27. The summed E-state index contributed by atoms with van der Waals surface area (Å²) < 4.78 is 0. The van der Waals surface area contributed by atoms with Crippen molar-refractivity contribution in [2.24, 2.45) is 11.1 Å². The minimum atomic E-state index is 0.215. The maximum atomic E-state index is 6.17. The van der Waals surface area contributed by atoms with Crippen molar-refractivity contribution < 1.29 is 0 Å². The summed E-state index contributed by atoms with van der Waals surface area (Å²) in [7, 11) is 2.00. The molecule has 0 aromatic carbocycles. The molecule has 0 aliphatic carbocycles. The molecule has 1 heterocycles. The second-order valence-corrected chi connectivity index (χ2v) is 5.68. The number of hydrogen-bond donors (Lipinski definition) is 1. The minimum absolute atomic E-state index is 0.215. The summed E-state index contributed by atoms with van der Waals surface area (Å²) in [6.45, 7) is 7.93. The van der Waals surface area contributed by atoms with Gasteiger partial charge in [-0.2, -0.15) is 0 Å². The third-order valence-electron chi connectivity index (χ3n) is 2.19. The van der Waals surface area contributed by atoms with Gasteiger partial charge in [0.1, 0.15) is 5.82 Å². The van der Waals surface area contributed by atoms with E-state index >= 15 is 0 Å². The molecule has 0 saturated heterocycles. The Morgan fingerprint density at radius 1 is 1.44 bits per heavy atom. The highest BCUT2D eigenvalue weighted by Gasteiger charge is 2.16. The van der Waals surface area contributed by atoms with Crippen LogP contribution in [0.1, 0.15) is 26.3 Å². The van der Waals surface area contributed by atoms with Crippen LogP contribution in [0.3, 0.4) is 0 Å². The average molecular weight is 242 g/mol. The fourth-order valence-corrected chi connectivity index (χ4v) is 1.98. The van der Waals surface area contributed by atoms with Gasteiger partial charge in [-0.1, -0.05) is 32.4 Å². The smallest absolute Gasteiger partial charge is 0.147 e. The molecule has 0 aliphatic heterocycles. The van der Waals surface area contributed by atoms with Gasteiger partial charge < -0.3 is 10.6 Å². The van der Waals surface area contributed by atoms with Gasteiger partial charge in [-0.25, -0.2) is 4.98 Å². The van der Waals surface area contributed by atoms with Gasteiger partial charge in [0.15, 0.2) is 0 Å². The second kappa shape index (κ2) is 5.02. The molecular formula is C12H20ClN3. The van der Waals surface area contributed by atoms with Crippen LogP contribution in [0, 0.1) is 5.41 Å². The van der Waals surface area contributed by atoms with Crippen LogP contribution in [0.2, 0.25) is 5.02 Å². The highest BCUT2D eigenvalue weighted by Crippen LogP contribution is 2.25. The van der Waals surface area contributed by atoms with Crippen molar-refractivity contribution in [2.45, 2.75) is 27.3 Å². The van der Waals surface area contributed by atoms with Crippen molar-refractivity contribution in [3.63, 3.8) is 0 Å². The standard InChI is InChI=1S/C12H20ClN3/c1-12(2,3)8-16(4)11-10(13)5-9(6-14)7-15-11/h5,7H,6,8,14H2,1-4H3. The normalized spacial score (nSPS) is 11.6. The van der Waals surface area contributed by atoms with Crippen molar-refractivity contribution in [1.82, 2.24) is 4.98 Å². The summed E-state index contributed by atoms with van der Waals surface area (Å²) in [5.74, 6) is 0.814. The molecule has 0 unspecified atom stereocenters. The van der Waals surface area contributed by atoms with E-state index in [1.165, 1.54) is 0 Å². The van der Waals surface area contributed by atoms with Crippen molar-refractivity contribution in [2.75, 3.05) is 18.5 Å². The Morgan fingerprint density at radius 2 is 2.06 bits per heavy atom. The minimum Gasteiger partial charge on any atom is -0.358 e. The molecule has 1 rings (SSSR count). The predicted octanol–water partition coefficient (Wildman–Crippen LogP) is 2.68. The van der Waals surface area contributed by atoms with Crippen LogP contribution in [0.15, 0.2) is 12.3 Å². The number of hydrogen-bond acceptors (Lipinski definition) is 3. The molecular weight excluding hydrogens is 222 g/mol. The largest absolute Gasteiger partial charge is 0.358 e. The monoisotopic (exact) mass is 241 g/mol.